The number of hydrogen-bond donors (Lipinski definition) is 0. The molecule has 0 fully saturated rings. The molecular weight excluding hydrogens is 259 g/mol. The SMILES string of the molecule is C[Si](C)(Cl)C(c1ccccc1)[Si](C)(C)Cl. The summed E-state index contributed by atoms with van der Waals surface area (Å²) in [6.07, 6.45) is 0. The monoisotopic (exact) mass is 276 g/mol. The molecule has 1 aromatic rings. The van der Waals surface area contributed by atoms with Crippen LogP contribution in [-0.2, 0) is 0 Å². The molecule has 0 bridgehead atoms. The third kappa shape index (κ3) is 3.63. The fraction of sp³-hybridized carbons (Fsp3) is 0.455. The smallest absolute Gasteiger partial charge is 0.156 e. The molecule has 4 heteroatoms. The first-order chi connectivity index (χ1) is 6.73. The van der Waals surface area contributed by atoms with E-state index in [9.17, 15) is 0 Å². The molecule has 0 N–H and O–H groups in total. The summed E-state index contributed by atoms with van der Waals surface area (Å²) in [6.45, 7) is 8.74. The average molecular weight is 277 g/mol. The quantitative estimate of drug-likeness (QED) is 0.553. The van der Waals surface area contributed by atoms with Crippen LogP contribution in [-0.4, -0.2) is 14.8 Å². The lowest BCUT2D eigenvalue weighted by Crippen LogP contribution is -2.43. The molecule has 1 aromatic carbocycles. The summed E-state index contributed by atoms with van der Waals surface area (Å²) < 4.78 is 0. The summed E-state index contributed by atoms with van der Waals surface area (Å²) >= 11 is 13.2. The first-order valence-corrected chi connectivity index (χ1v) is 13.3. The molecule has 0 radical (unpaired) electrons. The Morgan fingerprint density at radius 2 is 1.27 bits per heavy atom. The lowest BCUT2D eigenvalue weighted by Gasteiger charge is -2.34. The van der Waals surface area contributed by atoms with Crippen LogP contribution >= 0.6 is 22.2 Å². The van der Waals surface area contributed by atoms with Gasteiger partial charge in [-0.1, -0.05) is 56.5 Å². The summed E-state index contributed by atoms with van der Waals surface area (Å²) in [6, 6.07) is 10.5. The third-order valence-electron chi connectivity index (χ3n) is 2.51. The van der Waals surface area contributed by atoms with Crippen LogP contribution in [0.25, 0.3) is 0 Å². The third-order valence-corrected chi connectivity index (χ3v) is 12.7. The van der Waals surface area contributed by atoms with E-state index in [0.29, 0.717) is 5.16 Å². The van der Waals surface area contributed by atoms with Crippen molar-refractivity contribution in [3.8, 4) is 0 Å². The maximum absolute atomic E-state index is 6.61. The van der Waals surface area contributed by atoms with Gasteiger partial charge >= 0.3 is 0 Å². The molecule has 1 rings (SSSR count). The fourth-order valence-corrected chi connectivity index (χ4v) is 16.9. The van der Waals surface area contributed by atoms with Gasteiger partial charge in [-0.15, -0.1) is 0 Å². The van der Waals surface area contributed by atoms with Gasteiger partial charge in [0.2, 0.25) is 0 Å². The highest BCUT2D eigenvalue weighted by atomic mass is 35.6. The van der Waals surface area contributed by atoms with Crippen molar-refractivity contribution in [1.29, 1.82) is 0 Å². The van der Waals surface area contributed by atoms with Crippen LogP contribution in [0.5, 0.6) is 0 Å². The van der Waals surface area contributed by atoms with Gasteiger partial charge < -0.3 is 0 Å². The number of hydrogen-bond acceptors (Lipinski definition) is 0. The maximum Gasteiger partial charge on any atom is 0.156 e. The Bertz CT molecular complexity index is 298. The second kappa shape index (κ2) is 4.62. The van der Waals surface area contributed by atoms with Crippen molar-refractivity contribution < 1.29 is 0 Å². The molecule has 0 saturated carbocycles. The molecule has 0 unspecified atom stereocenters. The minimum absolute atomic E-state index is 0.398. The van der Waals surface area contributed by atoms with Gasteiger partial charge in [0.15, 0.2) is 14.8 Å². The predicted octanol–water partition coefficient (Wildman–Crippen LogP) is 4.74. The standard InChI is InChI=1S/C11H18Cl2Si2/c1-14(2,12)11(15(3,4)13)10-8-6-5-7-9-10/h5-9,11H,1-4H3. The van der Waals surface area contributed by atoms with Gasteiger partial charge in [0.25, 0.3) is 0 Å². The molecule has 0 atom stereocenters. The van der Waals surface area contributed by atoms with Gasteiger partial charge in [-0.3, -0.25) is 0 Å². The molecule has 84 valence electrons. The van der Waals surface area contributed by atoms with Gasteiger partial charge in [0, 0.05) is 5.16 Å². The van der Waals surface area contributed by atoms with E-state index in [1.54, 1.807) is 0 Å². The van der Waals surface area contributed by atoms with Gasteiger partial charge in [-0.05, 0) is 5.56 Å². The summed E-state index contributed by atoms with van der Waals surface area (Å²) in [5.74, 6) is 0. The zero-order valence-corrected chi connectivity index (χ0v) is 13.2. The Morgan fingerprint density at radius 1 is 0.867 bits per heavy atom. The van der Waals surface area contributed by atoms with Crippen molar-refractivity contribution in [1.82, 2.24) is 0 Å². The Kier molecular flexibility index (Phi) is 4.09. The van der Waals surface area contributed by atoms with E-state index in [4.69, 9.17) is 22.2 Å². The maximum atomic E-state index is 6.61. The van der Waals surface area contributed by atoms with Crippen LogP contribution in [0, 0.1) is 0 Å². The molecule has 0 nitrogen and oxygen atoms in total. The minimum Gasteiger partial charge on any atom is -0.167 e. The molecule has 0 aliphatic carbocycles. The second-order valence-corrected chi connectivity index (χ2v) is 18.8. The van der Waals surface area contributed by atoms with Crippen molar-refractivity contribution in [2.75, 3.05) is 0 Å². The molecule has 0 aromatic heterocycles. The van der Waals surface area contributed by atoms with E-state index in [2.05, 4.69) is 50.5 Å². The Morgan fingerprint density at radius 3 is 1.60 bits per heavy atom. The highest BCUT2D eigenvalue weighted by Crippen LogP contribution is 2.39. The number of benzene rings is 1. The van der Waals surface area contributed by atoms with E-state index in [-0.39, 0.29) is 0 Å². The van der Waals surface area contributed by atoms with Crippen LogP contribution in [0.15, 0.2) is 30.3 Å². The first-order valence-electron chi connectivity index (χ1n) is 5.15. The zero-order valence-electron chi connectivity index (χ0n) is 9.72. The molecule has 0 aliphatic rings. The van der Waals surface area contributed by atoms with Gasteiger partial charge in [-0.25, -0.2) is 0 Å². The van der Waals surface area contributed by atoms with Crippen LogP contribution in [0.1, 0.15) is 10.7 Å². The molecule has 0 saturated heterocycles. The molecule has 0 spiro atoms. The van der Waals surface area contributed by atoms with Gasteiger partial charge in [-0.2, -0.15) is 22.2 Å². The predicted molar refractivity (Wildman–Crippen MR) is 75.9 cm³/mol. The van der Waals surface area contributed by atoms with Crippen LogP contribution in [0.2, 0.25) is 26.2 Å². The molecular formula is C11H18Cl2Si2. The second-order valence-electron chi connectivity index (χ2n) is 4.97. The van der Waals surface area contributed by atoms with E-state index < -0.39 is 14.8 Å². The summed E-state index contributed by atoms with van der Waals surface area (Å²) in [4.78, 5) is 0. The molecule has 15 heavy (non-hydrogen) atoms. The van der Waals surface area contributed by atoms with E-state index >= 15 is 0 Å². The van der Waals surface area contributed by atoms with E-state index in [0.717, 1.165) is 0 Å². The summed E-state index contributed by atoms with van der Waals surface area (Å²) in [5, 5.41) is 0.398. The Balaban J connectivity index is 3.15. The van der Waals surface area contributed by atoms with Gasteiger partial charge in [0.05, 0.1) is 0 Å². The number of halogens is 2. The normalized spacial score (nSPS) is 13.3. The lowest BCUT2D eigenvalue weighted by molar-refractivity contribution is 1.23. The molecule has 0 aliphatic heterocycles. The molecule has 0 amide bonds. The average Bonchev–Trinajstić information content (AvgIpc) is 2.00. The van der Waals surface area contributed by atoms with Gasteiger partial charge in [0.1, 0.15) is 0 Å². The Hall–Kier alpha value is 0.234. The first kappa shape index (κ1) is 13.3. The lowest BCUT2D eigenvalue weighted by atomic mass is 10.2. The Labute approximate surface area is 104 Å². The van der Waals surface area contributed by atoms with Crippen LogP contribution < -0.4 is 0 Å². The van der Waals surface area contributed by atoms with Crippen LogP contribution in [0.3, 0.4) is 0 Å². The topological polar surface area (TPSA) is 0 Å². The minimum atomic E-state index is -1.76. The van der Waals surface area contributed by atoms with E-state index in [1.165, 1.54) is 5.56 Å². The largest absolute Gasteiger partial charge is 0.167 e. The van der Waals surface area contributed by atoms with E-state index in [1.807, 2.05) is 6.07 Å². The van der Waals surface area contributed by atoms with Crippen molar-refractivity contribution in [2.24, 2.45) is 0 Å². The van der Waals surface area contributed by atoms with Crippen molar-refractivity contribution in [3.05, 3.63) is 35.9 Å². The van der Waals surface area contributed by atoms with Crippen molar-refractivity contribution >= 4 is 36.9 Å². The highest BCUT2D eigenvalue weighted by molar-refractivity contribution is 7.32. The van der Waals surface area contributed by atoms with Crippen LogP contribution in [0.4, 0.5) is 0 Å². The fourth-order valence-electron chi connectivity index (χ4n) is 2.25. The summed E-state index contributed by atoms with van der Waals surface area (Å²) in [7, 11) is -3.52. The highest BCUT2D eigenvalue weighted by Gasteiger charge is 2.43. The van der Waals surface area contributed by atoms with Crippen molar-refractivity contribution in [2.45, 2.75) is 31.4 Å². The van der Waals surface area contributed by atoms with Crippen molar-refractivity contribution in [3.63, 3.8) is 0 Å². The molecule has 0 heterocycles. The summed E-state index contributed by atoms with van der Waals surface area (Å²) in [5.41, 5.74) is 1.32. The number of rotatable bonds is 3. The zero-order chi connectivity index (χ0) is 11.7.